The normalized spacial score (nSPS) is 10.3. The molecule has 0 spiro atoms. The zero-order chi connectivity index (χ0) is 14.8. The van der Waals surface area contributed by atoms with Crippen LogP contribution >= 0.6 is 0 Å². The fourth-order valence-corrected chi connectivity index (χ4v) is 1.77. The lowest BCUT2D eigenvalue weighted by atomic mass is 10.2. The maximum atomic E-state index is 13.3. The molecule has 0 unspecified atom stereocenters. The number of hydrogen-bond acceptors (Lipinski definition) is 3. The molecule has 2 N–H and O–H groups in total. The first kappa shape index (κ1) is 16.4. The highest BCUT2D eigenvalue weighted by Gasteiger charge is 2.06. The number of halogens is 1. The highest BCUT2D eigenvalue weighted by atomic mass is 19.1. The summed E-state index contributed by atoms with van der Waals surface area (Å²) < 4.78 is 18.9. The summed E-state index contributed by atoms with van der Waals surface area (Å²) in [7, 11) is 1.61. The van der Waals surface area contributed by atoms with Gasteiger partial charge in [0, 0.05) is 25.6 Å². The van der Waals surface area contributed by atoms with Gasteiger partial charge in [0.2, 0.25) is 5.91 Å². The van der Waals surface area contributed by atoms with Crippen LogP contribution in [0.5, 0.6) is 5.75 Å². The Labute approximate surface area is 119 Å². The Morgan fingerprint density at radius 3 is 2.90 bits per heavy atom. The predicted octanol–water partition coefficient (Wildman–Crippen LogP) is 2.23. The molecule has 0 heterocycles. The van der Waals surface area contributed by atoms with Crippen LogP contribution < -0.4 is 15.4 Å². The Hall–Kier alpha value is -1.62. The Bertz CT molecular complexity index is 424. The summed E-state index contributed by atoms with van der Waals surface area (Å²) in [6.07, 6.45) is 2.09. The standard InChI is InChI=1S/C15H23FN2O2/c1-3-8-18-11-12-10-13(16)6-7-14(12)20-9-4-5-15(19)17-2/h6-7,10,18H,3-5,8-9,11H2,1-2H3,(H,17,19). The summed E-state index contributed by atoms with van der Waals surface area (Å²) in [4.78, 5) is 11.1. The first-order valence-electron chi connectivity index (χ1n) is 7.00. The molecule has 112 valence electrons. The molecule has 0 aliphatic rings. The second kappa shape index (κ2) is 9.31. The van der Waals surface area contributed by atoms with Crippen LogP contribution in [0.1, 0.15) is 31.7 Å². The van der Waals surface area contributed by atoms with Crippen molar-refractivity contribution in [2.75, 3.05) is 20.2 Å². The van der Waals surface area contributed by atoms with E-state index in [9.17, 15) is 9.18 Å². The zero-order valence-corrected chi connectivity index (χ0v) is 12.2. The number of nitrogens with one attached hydrogen (secondary N) is 2. The molecule has 0 aliphatic heterocycles. The van der Waals surface area contributed by atoms with Gasteiger partial charge in [0.05, 0.1) is 6.61 Å². The lowest BCUT2D eigenvalue weighted by Gasteiger charge is -2.12. The second-order valence-electron chi connectivity index (χ2n) is 4.55. The molecule has 0 aromatic heterocycles. The summed E-state index contributed by atoms with van der Waals surface area (Å²) in [5.41, 5.74) is 0.804. The molecule has 1 aromatic rings. The van der Waals surface area contributed by atoms with Crippen LogP contribution in [0.25, 0.3) is 0 Å². The lowest BCUT2D eigenvalue weighted by molar-refractivity contribution is -0.120. The SMILES string of the molecule is CCCNCc1cc(F)ccc1OCCCC(=O)NC. The van der Waals surface area contributed by atoms with E-state index in [0.29, 0.717) is 31.7 Å². The molecule has 0 saturated heterocycles. The first-order chi connectivity index (χ1) is 9.67. The minimum absolute atomic E-state index is 0.00228. The third-order valence-corrected chi connectivity index (χ3v) is 2.85. The van der Waals surface area contributed by atoms with Gasteiger partial charge in [-0.05, 0) is 37.6 Å². The van der Waals surface area contributed by atoms with Gasteiger partial charge in [0.1, 0.15) is 11.6 Å². The fraction of sp³-hybridized carbons (Fsp3) is 0.533. The topological polar surface area (TPSA) is 50.4 Å². The zero-order valence-electron chi connectivity index (χ0n) is 12.2. The van der Waals surface area contributed by atoms with E-state index < -0.39 is 0 Å². The number of carbonyl (C=O) groups is 1. The number of carbonyl (C=O) groups excluding carboxylic acids is 1. The van der Waals surface area contributed by atoms with E-state index in [1.54, 1.807) is 13.1 Å². The maximum absolute atomic E-state index is 13.3. The van der Waals surface area contributed by atoms with Crippen LogP contribution in [0.3, 0.4) is 0 Å². The van der Waals surface area contributed by atoms with Crippen molar-refractivity contribution in [1.82, 2.24) is 10.6 Å². The summed E-state index contributed by atoms with van der Waals surface area (Å²) in [5, 5.41) is 5.79. The van der Waals surface area contributed by atoms with Crippen LogP contribution in [-0.4, -0.2) is 26.1 Å². The lowest BCUT2D eigenvalue weighted by Crippen LogP contribution is -2.18. The molecule has 0 radical (unpaired) electrons. The summed E-state index contributed by atoms with van der Waals surface area (Å²) >= 11 is 0. The molecule has 0 atom stereocenters. The molecular formula is C15H23FN2O2. The van der Waals surface area contributed by atoms with Gasteiger partial charge in [0.25, 0.3) is 0 Å². The molecule has 5 heteroatoms. The quantitative estimate of drug-likeness (QED) is 0.683. The molecule has 1 amide bonds. The summed E-state index contributed by atoms with van der Waals surface area (Å²) in [5.74, 6) is 0.403. The summed E-state index contributed by atoms with van der Waals surface area (Å²) in [6, 6.07) is 4.51. The molecule has 0 bridgehead atoms. The molecule has 0 fully saturated rings. The molecule has 1 rings (SSSR count). The van der Waals surface area contributed by atoms with Gasteiger partial charge in [-0.2, -0.15) is 0 Å². The van der Waals surface area contributed by atoms with Crippen molar-refractivity contribution in [3.8, 4) is 5.75 Å². The van der Waals surface area contributed by atoms with Gasteiger partial charge in [-0.25, -0.2) is 4.39 Å². The molecule has 0 aliphatic carbocycles. The van der Waals surface area contributed by atoms with Gasteiger partial charge in [-0.1, -0.05) is 6.92 Å². The molecule has 20 heavy (non-hydrogen) atoms. The van der Waals surface area contributed by atoms with Crippen LogP contribution in [0.15, 0.2) is 18.2 Å². The summed E-state index contributed by atoms with van der Waals surface area (Å²) in [6.45, 7) is 3.98. The Kier molecular flexibility index (Phi) is 7.65. The minimum atomic E-state index is -0.268. The smallest absolute Gasteiger partial charge is 0.219 e. The van der Waals surface area contributed by atoms with Crippen LogP contribution in [-0.2, 0) is 11.3 Å². The highest BCUT2D eigenvalue weighted by molar-refractivity contribution is 5.75. The molecule has 1 aromatic carbocycles. The number of ether oxygens (including phenoxy) is 1. The van der Waals surface area contributed by atoms with Crippen molar-refractivity contribution < 1.29 is 13.9 Å². The number of benzene rings is 1. The highest BCUT2D eigenvalue weighted by Crippen LogP contribution is 2.20. The second-order valence-corrected chi connectivity index (χ2v) is 4.55. The number of hydrogen-bond donors (Lipinski definition) is 2. The van der Waals surface area contributed by atoms with Gasteiger partial charge < -0.3 is 15.4 Å². The largest absolute Gasteiger partial charge is 0.493 e. The van der Waals surface area contributed by atoms with Crippen LogP contribution in [0.2, 0.25) is 0 Å². The molecule has 0 saturated carbocycles. The Morgan fingerprint density at radius 1 is 1.40 bits per heavy atom. The molecule has 4 nitrogen and oxygen atoms in total. The third kappa shape index (κ3) is 6.02. The number of amides is 1. The Balaban J connectivity index is 2.48. The van der Waals surface area contributed by atoms with Gasteiger partial charge in [0.15, 0.2) is 0 Å². The Morgan fingerprint density at radius 2 is 2.20 bits per heavy atom. The average Bonchev–Trinajstić information content (AvgIpc) is 2.45. The van der Waals surface area contributed by atoms with E-state index >= 15 is 0 Å². The van der Waals surface area contributed by atoms with Crippen LogP contribution in [0.4, 0.5) is 4.39 Å². The number of rotatable bonds is 9. The fourth-order valence-electron chi connectivity index (χ4n) is 1.77. The third-order valence-electron chi connectivity index (χ3n) is 2.85. The van der Waals surface area contributed by atoms with Crippen molar-refractivity contribution in [1.29, 1.82) is 0 Å². The minimum Gasteiger partial charge on any atom is -0.493 e. The average molecular weight is 282 g/mol. The van der Waals surface area contributed by atoms with Crippen molar-refractivity contribution in [2.24, 2.45) is 0 Å². The van der Waals surface area contributed by atoms with Crippen molar-refractivity contribution in [2.45, 2.75) is 32.7 Å². The monoisotopic (exact) mass is 282 g/mol. The van der Waals surface area contributed by atoms with E-state index in [1.807, 2.05) is 0 Å². The van der Waals surface area contributed by atoms with Crippen molar-refractivity contribution in [3.63, 3.8) is 0 Å². The van der Waals surface area contributed by atoms with E-state index in [2.05, 4.69) is 17.6 Å². The van der Waals surface area contributed by atoms with Crippen molar-refractivity contribution >= 4 is 5.91 Å². The van der Waals surface area contributed by atoms with Gasteiger partial charge in [-0.3, -0.25) is 4.79 Å². The predicted molar refractivity (Wildman–Crippen MR) is 77.2 cm³/mol. The van der Waals surface area contributed by atoms with E-state index in [0.717, 1.165) is 18.5 Å². The van der Waals surface area contributed by atoms with E-state index in [4.69, 9.17) is 4.74 Å². The van der Waals surface area contributed by atoms with Crippen molar-refractivity contribution in [3.05, 3.63) is 29.6 Å². The first-order valence-corrected chi connectivity index (χ1v) is 7.00. The van der Waals surface area contributed by atoms with Crippen LogP contribution in [0, 0.1) is 5.82 Å². The van der Waals surface area contributed by atoms with Gasteiger partial charge >= 0.3 is 0 Å². The van der Waals surface area contributed by atoms with E-state index in [1.165, 1.54) is 12.1 Å². The maximum Gasteiger partial charge on any atom is 0.219 e. The van der Waals surface area contributed by atoms with Gasteiger partial charge in [-0.15, -0.1) is 0 Å². The molecular weight excluding hydrogens is 259 g/mol. The van der Waals surface area contributed by atoms with E-state index in [-0.39, 0.29) is 11.7 Å².